The second-order valence-electron chi connectivity index (χ2n) is 8.45. The minimum Gasteiger partial charge on any atom is -0.366 e. The van der Waals surface area contributed by atoms with Crippen LogP contribution in [0.1, 0.15) is 37.5 Å². The highest BCUT2D eigenvalue weighted by atomic mass is 35.5. The predicted molar refractivity (Wildman–Crippen MR) is 140 cm³/mol. The smallest absolute Gasteiger partial charge is 0.269 e. The summed E-state index contributed by atoms with van der Waals surface area (Å²) >= 11 is 6.08. The Bertz CT molecular complexity index is 1590. The lowest BCUT2D eigenvalue weighted by Crippen LogP contribution is -2.16. The molecule has 0 radical (unpaired) electrons. The normalized spacial score (nSPS) is 12.1. The van der Waals surface area contributed by atoms with Gasteiger partial charge in [0.2, 0.25) is 5.91 Å². The minimum absolute atomic E-state index is 0.110. The lowest BCUT2D eigenvalue weighted by atomic mass is 9.88. The van der Waals surface area contributed by atoms with Crippen LogP contribution in [0, 0.1) is 0 Å². The molecular weight excluding hydrogens is 492 g/mol. The van der Waals surface area contributed by atoms with Crippen molar-refractivity contribution in [2.45, 2.75) is 12.8 Å². The van der Waals surface area contributed by atoms with Gasteiger partial charge in [-0.05, 0) is 66.4 Å². The van der Waals surface area contributed by atoms with Crippen LogP contribution in [0.15, 0.2) is 66.9 Å². The zero-order valence-corrected chi connectivity index (χ0v) is 20.2. The van der Waals surface area contributed by atoms with Crippen LogP contribution in [0.3, 0.4) is 0 Å². The zero-order chi connectivity index (χ0) is 26.1. The van der Waals surface area contributed by atoms with Crippen LogP contribution < -0.4 is 16.8 Å². The molecular formula is C27H21ClN6O3. The van der Waals surface area contributed by atoms with Crippen LogP contribution in [0.4, 0.5) is 5.69 Å². The molecule has 4 aromatic rings. The van der Waals surface area contributed by atoms with Crippen molar-refractivity contribution < 1.29 is 14.4 Å². The van der Waals surface area contributed by atoms with E-state index in [4.69, 9.17) is 23.1 Å². The van der Waals surface area contributed by atoms with Crippen LogP contribution in [0.25, 0.3) is 23.0 Å². The molecule has 3 amide bonds. The number of amides is 3. The number of carbonyl (C=O) groups excluding carboxylic acids is 3. The van der Waals surface area contributed by atoms with E-state index in [0.29, 0.717) is 24.2 Å². The van der Waals surface area contributed by atoms with Crippen molar-refractivity contribution >= 4 is 41.1 Å². The standard InChI is InChI=1S/C27H21ClN6O3/c28-25-20(2-1-13-31-25)27(37)32-17-8-6-16-7-11-19-23(26(30)36)33-34(24(19)21(16)14-17)18-9-3-15(4-10-18)5-12-22(29)35/h1-6,8-10,12-14H,7,11H2,(H2,29,35)(H2,30,36)(H,32,37). The second-order valence-corrected chi connectivity index (χ2v) is 8.80. The molecule has 2 heterocycles. The average molecular weight is 513 g/mol. The molecule has 37 heavy (non-hydrogen) atoms. The fraction of sp³-hybridized carbons (Fsp3) is 0.0741. The van der Waals surface area contributed by atoms with Gasteiger partial charge in [0.15, 0.2) is 5.69 Å². The summed E-state index contributed by atoms with van der Waals surface area (Å²) in [5.41, 5.74) is 16.7. The number of aromatic nitrogens is 3. The number of primary amides is 2. The van der Waals surface area contributed by atoms with Crippen LogP contribution in [0.2, 0.25) is 5.15 Å². The Balaban J connectivity index is 1.57. The zero-order valence-electron chi connectivity index (χ0n) is 19.4. The third-order valence-corrected chi connectivity index (χ3v) is 6.37. The Labute approximate surface area is 216 Å². The number of hydrogen-bond acceptors (Lipinski definition) is 5. The van der Waals surface area contributed by atoms with Crippen molar-refractivity contribution in [2.75, 3.05) is 5.32 Å². The van der Waals surface area contributed by atoms with Gasteiger partial charge in [0.1, 0.15) is 5.15 Å². The second kappa shape index (κ2) is 9.71. The molecule has 0 bridgehead atoms. The number of nitrogens with zero attached hydrogens (tertiary/aromatic N) is 3. The molecule has 0 saturated heterocycles. The Morgan fingerprint density at radius 3 is 2.51 bits per heavy atom. The topological polar surface area (TPSA) is 146 Å². The van der Waals surface area contributed by atoms with E-state index in [0.717, 1.165) is 27.9 Å². The largest absolute Gasteiger partial charge is 0.366 e. The van der Waals surface area contributed by atoms with E-state index >= 15 is 0 Å². The number of anilines is 1. The first-order valence-electron chi connectivity index (χ1n) is 11.4. The van der Waals surface area contributed by atoms with Gasteiger partial charge in [-0.1, -0.05) is 29.8 Å². The van der Waals surface area contributed by atoms with Crippen molar-refractivity contribution in [1.82, 2.24) is 14.8 Å². The molecule has 1 aliphatic rings. The summed E-state index contributed by atoms with van der Waals surface area (Å²) in [6.45, 7) is 0. The summed E-state index contributed by atoms with van der Waals surface area (Å²) in [6.07, 6.45) is 5.68. The van der Waals surface area contributed by atoms with Crippen LogP contribution >= 0.6 is 11.6 Å². The molecule has 9 nitrogen and oxygen atoms in total. The highest BCUT2D eigenvalue weighted by Crippen LogP contribution is 2.38. The van der Waals surface area contributed by atoms with Gasteiger partial charge in [-0.3, -0.25) is 14.4 Å². The number of halogens is 1. The highest BCUT2D eigenvalue weighted by molar-refractivity contribution is 6.33. The van der Waals surface area contributed by atoms with Gasteiger partial charge in [0, 0.05) is 29.1 Å². The molecule has 10 heteroatoms. The van der Waals surface area contributed by atoms with Crippen molar-refractivity contribution in [3.05, 3.63) is 100.0 Å². The van der Waals surface area contributed by atoms with Crippen molar-refractivity contribution in [3.63, 3.8) is 0 Å². The summed E-state index contributed by atoms with van der Waals surface area (Å²) in [6, 6.07) is 16.1. The maximum absolute atomic E-state index is 12.8. The molecule has 0 fully saturated rings. The van der Waals surface area contributed by atoms with Crippen LogP contribution in [0.5, 0.6) is 0 Å². The van der Waals surface area contributed by atoms with Crippen LogP contribution in [-0.4, -0.2) is 32.5 Å². The Morgan fingerprint density at radius 2 is 1.81 bits per heavy atom. The molecule has 0 spiro atoms. The number of nitrogens with two attached hydrogens (primary N) is 2. The summed E-state index contributed by atoms with van der Waals surface area (Å²) in [5, 5.41) is 7.53. The van der Waals surface area contributed by atoms with Gasteiger partial charge in [-0.2, -0.15) is 5.10 Å². The average Bonchev–Trinajstić information content (AvgIpc) is 3.28. The van der Waals surface area contributed by atoms with E-state index in [1.807, 2.05) is 42.5 Å². The third-order valence-electron chi connectivity index (χ3n) is 6.07. The third kappa shape index (κ3) is 4.72. The van der Waals surface area contributed by atoms with Crippen molar-refractivity contribution in [3.8, 4) is 16.9 Å². The Hall–Kier alpha value is -4.76. The molecule has 0 saturated carbocycles. The van der Waals surface area contributed by atoms with Gasteiger partial charge in [0.05, 0.1) is 16.9 Å². The maximum atomic E-state index is 12.8. The number of rotatable bonds is 6. The number of nitrogens with one attached hydrogen (secondary N) is 1. The van der Waals surface area contributed by atoms with E-state index in [2.05, 4.69) is 15.4 Å². The van der Waals surface area contributed by atoms with E-state index in [1.165, 1.54) is 12.3 Å². The maximum Gasteiger partial charge on any atom is 0.269 e. The van der Waals surface area contributed by atoms with E-state index in [9.17, 15) is 14.4 Å². The van der Waals surface area contributed by atoms with Gasteiger partial charge in [-0.25, -0.2) is 9.67 Å². The van der Waals surface area contributed by atoms with Crippen molar-refractivity contribution in [2.24, 2.45) is 11.5 Å². The monoisotopic (exact) mass is 512 g/mol. The van der Waals surface area contributed by atoms with E-state index in [1.54, 1.807) is 22.9 Å². The van der Waals surface area contributed by atoms with Gasteiger partial charge in [-0.15, -0.1) is 0 Å². The van der Waals surface area contributed by atoms with Crippen molar-refractivity contribution in [1.29, 1.82) is 0 Å². The Kier molecular flexibility index (Phi) is 6.29. The molecule has 0 aliphatic heterocycles. The lowest BCUT2D eigenvalue weighted by molar-refractivity contribution is -0.113. The van der Waals surface area contributed by atoms with E-state index < -0.39 is 11.8 Å². The number of aryl methyl sites for hydroxylation is 1. The molecule has 0 unspecified atom stereocenters. The molecule has 2 aromatic heterocycles. The highest BCUT2D eigenvalue weighted by Gasteiger charge is 2.28. The quantitative estimate of drug-likeness (QED) is 0.267. The van der Waals surface area contributed by atoms with Gasteiger partial charge >= 0.3 is 0 Å². The van der Waals surface area contributed by atoms with Gasteiger partial charge < -0.3 is 16.8 Å². The molecule has 184 valence electrons. The van der Waals surface area contributed by atoms with E-state index in [-0.39, 0.29) is 22.3 Å². The predicted octanol–water partition coefficient (Wildman–Crippen LogP) is 3.54. The number of benzene rings is 2. The SMILES string of the molecule is NC(=O)C=Cc1ccc(-n2nc(C(N)=O)c3c2-c2cc(NC(=O)c4cccnc4Cl)ccc2CC3)cc1. The first-order chi connectivity index (χ1) is 17.8. The molecule has 5 N–H and O–H groups in total. The number of pyridine rings is 1. The molecule has 1 aliphatic carbocycles. The molecule has 2 aromatic carbocycles. The summed E-state index contributed by atoms with van der Waals surface area (Å²) < 4.78 is 1.68. The first kappa shape index (κ1) is 24.0. The fourth-order valence-corrected chi connectivity index (χ4v) is 4.56. The first-order valence-corrected chi connectivity index (χ1v) is 11.7. The minimum atomic E-state index is -0.616. The Morgan fingerprint density at radius 1 is 1.03 bits per heavy atom. The number of fused-ring (bicyclic) bond motifs is 3. The lowest BCUT2D eigenvalue weighted by Gasteiger charge is -2.20. The van der Waals surface area contributed by atoms with Crippen LogP contribution in [-0.2, 0) is 17.6 Å². The fourth-order valence-electron chi connectivity index (χ4n) is 4.36. The molecule has 0 atom stereocenters. The summed E-state index contributed by atoms with van der Waals surface area (Å²) in [4.78, 5) is 40.1. The summed E-state index contributed by atoms with van der Waals surface area (Å²) in [7, 11) is 0. The summed E-state index contributed by atoms with van der Waals surface area (Å²) in [5.74, 6) is -1.54. The number of carbonyl (C=O) groups is 3. The number of hydrogen-bond donors (Lipinski definition) is 3. The van der Waals surface area contributed by atoms with Gasteiger partial charge in [0.25, 0.3) is 11.8 Å². The molecule has 5 rings (SSSR count).